The maximum atomic E-state index is 9.94. The van der Waals surface area contributed by atoms with Gasteiger partial charge in [-0.25, -0.2) is 9.88 Å². The molecule has 8 heteroatoms. The molecule has 2 aliphatic heterocycles. The molecule has 8 nitrogen and oxygen atoms in total. The van der Waals surface area contributed by atoms with Gasteiger partial charge in [-0.15, -0.1) is 0 Å². The molecule has 0 aliphatic carbocycles. The monoisotopic (exact) mass is 269 g/mol. The lowest BCUT2D eigenvalue weighted by Crippen LogP contribution is -2.71. The molecular formula is C11H17N4O4+2. The predicted octanol–water partition coefficient (Wildman–Crippen LogP) is -3.68. The lowest BCUT2D eigenvalue weighted by molar-refractivity contribution is -0.738. The van der Waals surface area contributed by atoms with Crippen molar-refractivity contribution < 1.29 is 29.6 Å². The number of aliphatic hydroxyl groups excluding tert-OH is 3. The number of rotatable bonds is 2. The highest BCUT2D eigenvalue weighted by atomic mass is 16.5. The standard InChI is InChI=1S/C11H15N4O4/c16-3-8-6(17)1-9(19-8)15-5-14-10-7(18)2-12-4-13-11(10)15/h1,4-9,16-18H,2-3H2,(H,12,13)/p+2/t6?,7-,8-,9-/m1/s1. The van der Waals surface area contributed by atoms with E-state index in [-0.39, 0.29) is 6.61 Å². The summed E-state index contributed by atoms with van der Waals surface area (Å²) in [6.07, 6.45) is 2.29. The molecule has 0 saturated carbocycles. The van der Waals surface area contributed by atoms with Gasteiger partial charge in [0.25, 0.3) is 5.82 Å². The Hall–Kier alpha value is -1.48. The lowest BCUT2D eigenvalue weighted by atomic mass is 10.2. The zero-order valence-corrected chi connectivity index (χ0v) is 10.2. The molecule has 103 valence electrons. The van der Waals surface area contributed by atoms with Crippen LogP contribution in [0.3, 0.4) is 0 Å². The number of H-pyrrole nitrogens is 1. The van der Waals surface area contributed by atoms with Gasteiger partial charge < -0.3 is 20.1 Å². The maximum Gasteiger partial charge on any atom is 0.296 e. The van der Waals surface area contributed by atoms with E-state index < -0.39 is 24.5 Å². The smallest absolute Gasteiger partial charge is 0.296 e. The maximum absolute atomic E-state index is 9.94. The van der Waals surface area contributed by atoms with Crippen molar-refractivity contribution in [1.82, 2.24) is 4.98 Å². The first-order chi connectivity index (χ1) is 9.20. The van der Waals surface area contributed by atoms with Gasteiger partial charge in [0.05, 0.1) is 19.1 Å². The van der Waals surface area contributed by atoms with E-state index in [0.29, 0.717) is 18.1 Å². The quantitative estimate of drug-likeness (QED) is 0.309. The first kappa shape index (κ1) is 12.5. The minimum Gasteiger partial charge on any atom is -0.394 e. The van der Waals surface area contributed by atoms with Crippen LogP contribution in [0, 0.1) is 6.42 Å². The molecule has 1 aromatic heterocycles. The molecule has 1 radical (unpaired) electrons. The van der Waals surface area contributed by atoms with Crippen LogP contribution in [-0.4, -0.2) is 52.0 Å². The second-order valence-corrected chi connectivity index (χ2v) is 4.59. The summed E-state index contributed by atoms with van der Waals surface area (Å²) in [5.41, 5.74) is 0.639. The number of aliphatic hydroxyl groups is 3. The summed E-state index contributed by atoms with van der Waals surface area (Å²) >= 11 is 0. The van der Waals surface area contributed by atoms with Crippen molar-refractivity contribution in [3.8, 4) is 0 Å². The van der Waals surface area contributed by atoms with E-state index in [9.17, 15) is 10.2 Å². The fraction of sp³-hybridized carbons (Fsp3) is 0.545. The van der Waals surface area contributed by atoms with E-state index in [4.69, 9.17) is 9.84 Å². The zero-order chi connectivity index (χ0) is 13.4. The largest absolute Gasteiger partial charge is 0.394 e. The minimum absolute atomic E-state index is 0.245. The first-order valence-electron chi connectivity index (χ1n) is 6.12. The van der Waals surface area contributed by atoms with Crippen LogP contribution < -0.4 is 14.9 Å². The van der Waals surface area contributed by atoms with Crippen LogP contribution in [0.1, 0.15) is 18.0 Å². The van der Waals surface area contributed by atoms with Crippen molar-refractivity contribution in [2.45, 2.75) is 24.5 Å². The number of β-amino-alcohol motifs (C(OH)–C–C–N with tert-alkyl or cyclic N) is 1. The van der Waals surface area contributed by atoms with E-state index >= 15 is 0 Å². The molecule has 0 aromatic carbocycles. The van der Waals surface area contributed by atoms with Gasteiger partial charge in [0.2, 0.25) is 6.34 Å². The Labute approximate surface area is 109 Å². The Morgan fingerprint density at radius 1 is 1.47 bits per heavy atom. The second kappa shape index (κ2) is 4.89. The van der Waals surface area contributed by atoms with Crippen LogP contribution in [0.15, 0.2) is 6.33 Å². The van der Waals surface area contributed by atoms with Crippen molar-refractivity contribution in [2.24, 2.45) is 0 Å². The summed E-state index contributed by atoms with van der Waals surface area (Å²) in [7, 11) is 0. The number of ether oxygens (including phenoxy) is 1. The fourth-order valence-electron chi connectivity index (χ4n) is 2.32. The Balaban J connectivity index is 1.89. The van der Waals surface area contributed by atoms with Crippen LogP contribution in [0.25, 0.3) is 0 Å². The van der Waals surface area contributed by atoms with Crippen LogP contribution in [0.4, 0.5) is 5.82 Å². The van der Waals surface area contributed by atoms with E-state index in [0.717, 1.165) is 0 Å². The van der Waals surface area contributed by atoms with Gasteiger partial charge in [0.15, 0.2) is 24.4 Å². The molecule has 2 aliphatic rings. The number of nitrogens with zero attached hydrogens (tertiary/aromatic N) is 1. The van der Waals surface area contributed by atoms with Gasteiger partial charge in [-0.1, -0.05) is 0 Å². The molecule has 1 unspecified atom stereocenters. The van der Waals surface area contributed by atoms with Crippen molar-refractivity contribution in [3.63, 3.8) is 0 Å². The molecule has 19 heavy (non-hydrogen) atoms. The summed E-state index contributed by atoms with van der Waals surface area (Å²) in [5.74, 6) is 0.657. The fourth-order valence-corrected chi connectivity index (χ4v) is 2.32. The molecule has 3 rings (SSSR count). The molecule has 1 fully saturated rings. The molecular weight excluding hydrogens is 252 g/mol. The topological polar surface area (TPSA) is 116 Å². The molecule has 0 spiro atoms. The normalized spacial score (nSPS) is 33.8. The average Bonchev–Trinajstić information content (AvgIpc) is 2.93. The van der Waals surface area contributed by atoms with Gasteiger partial charge in [-0.2, -0.15) is 0 Å². The third-order valence-corrected chi connectivity index (χ3v) is 3.34. The number of hydrogen-bond acceptors (Lipinski definition) is 5. The van der Waals surface area contributed by atoms with Crippen LogP contribution in [0.5, 0.6) is 0 Å². The van der Waals surface area contributed by atoms with Gasteiger partial charge >= 0.3 is 0 Å². The number of aromatic amines is 1. The first-order valence-corrected chi connectivity index (χ1v) is 6.12. The summed E-state index contributed by atoms with van der Waals surface area (Å²) in [6, 6.07) is 0. The molecule has 1 aromatic rings. The van der Waals surface area contributed by atoms with Crippen molar-refractivity contribution >= 4 is 12.2 Å². The second-order valence-electron chi connectivity index (χ2n) is 4.59. The SMILES string of the molecule is OC[C@H]1O[C@@H]([n+]2c[nH]c3c2NC=[NH+]C[C@H]3O)[CH]C1O. The van der Waals surface area contributed by atoms with Crippen molar-refractivity contribution in [2.75, 3.05) is 18.5 Å². The highest BCUT2D eigenvalue weighted by Gasteiger charge is 2.40. The highest BCUT2D eigenvalue weighted by molar-refractivity contribution is 5.69. The van der Waals surface area contributed by atoms with E-state index in [1.165, 1.54) is 0 Å². The number of nitrogens with one attached hydrogen (secondary N) is 3. The third-order valence-electron chi connectivity index (χ3n) is 3.34. The Morgan fingerprint density at radius 2 is 2.32 bits per heavy atom. The lowest BCUT2D eigenvalue weighted by Gasteiger charge is -2.11. The summed E-state index contributed by atoms with van der Waals surface area (Å²) in [4.78, 5) is 5.90. The molecule has 4 atom stereocenters. The van der Waals surface area contributed by atoms with E-state index in [1.54, 1.807) is 23.7 Å². The van der Waals surface area contributed by atoms with Gasteiger partial charge in [-0.05, 0) is 0 Å². The number of hydrogen-bond donors (Lipinski definition) is 6. The molecule has 0 amide bonds. The summed E-state index contributed by atoms with van der Waals surface area (Å²) in [5, 5.41) is 31.8. The number of imidazole rings is 1. The van der Waals surface area contributed by atoms with Crippen molar-refractivity contribution in [1.29, 1.82) is 0 Å². The summed E-state index contributed by atoms with van der Waals surface area (Å²) < 4.78 is 7.26. The molecule has 6 N–H and O–H groups in total. The van der Waals surface area contributed by atoms with Gasteiger partial charge in [-0.3, -0.25) is 9.98 Å². The average molecular weight is 269 g/mol. The predicted molar refractivity (Wildman–Crippen MR) is 62.8 cm³/mol. The molecule has 0 bridgehead atoms. The Bertz CT molecular complexity index is 489. The number of fused-ring (bicyclic) bond motifs is 1. The Kier molecular flexibility index (Phi) is 3.23. The van der Waals surface area contributed by atoms with Crippen molar-refractivity contribution in [3.05, 3.63) is 18.4 Å². The number of anilines is 1. The Morgan fingerprint density at radius 3 is 3.05 bits per heavy atom. The van der Waals surface area contributed by atoms with E-state index in [2.05, 4.69) is 15.3 Å². The zero-order valence-electron chi connectivity index (χ0n) is 10.2. The molecule has 1 saturated heterocycles. The van der Waals surface area contributed by atoms with Crippen LogP contribution in [0.2, 0.25) is 0 Å². The van der Waals surface area contributed by atoms with Crippen LogP contribution >= 0.6 is 0 Å². The third kappa shape index (κ3) is 2.12. The van der Waals surface area contributed by atoms with Gasteiger partial charge in [0.1, 0.15) is 12.6 Å². The van der Waals surface area contributed by atoms with Gasteiger partial charge in [0, 0.05) is 0 Å². The summed E-state index contributed by atoms with van der Waals surface area (Å²) in [6.45, 7) is 0.155. The highest BCUT2D eigenvalue weighted by Crippen LogP contribution is 2.26. The van der Waals surface area contributed by atoms with Crippen LogP contribution in [-0.2, 0) is 4.74 Å². The number of aromatic nitrogens is 2. The minimum atomic E-state index is -0.814. The molecule has 3 heterocycles. The van der Waals surface area contributed by atoms with E-state index in [1.807, 2.05) is 0 Å².